The Bertz CT molecular complexity index is 473. The van der Waals surface area contributed by atoms with Crippen molar-refractivity contribution in [3.8, 4) is 5.75 Å². The molecule has 110 valence electrons. The Labute approximate surface area is 124 Å². The summed E-state index contributed by atoms with van der Waals surface area (Å²) < 4.78 is 5.70. The summed E-state index contributed by atoms with van der Waals surface area (Å²) >= 11 is 6.02. The van der Waals surface area contributed by atoms with Crippen molar-refractivity contribution < 1.29 is 9.53 Å². The summed E-state index contributed by atoms with van der Waals surface area (Å²) in [6.07, 6.45) is 3.41. The number of hydrogen-bond acceptors (Lipinski definition) is 3. The van der Waals surface area contributed by atoms with E-state index >= 15 is 0 Å². The fourth-order valence-corrected chi connectivity index (χ4v) is 2.62. The summed E-state index contributed by atoms with van der Waals surface area (Å²) in [5.74, 6) is 0.545. The minimum absolute atomic E-state index is 0.0791. The summed E-state index contributed by atoms with van der Waals surface area (Å²) in [4.78, 5) is 12.1. The quantitative estimate of drug-likeness (QED) is 0.877. The second kappa shape index (κ2) is 6.46. The molecule has 3 N–H and O–H groups in total. The number of hydrogen-bond donors (Lipinski definition) is 2. The van der Waals surface area contributed by atoms with Crippen LogP contribution in [0, 0.1) is 0 Å². The lowest BCUT2D eigenvalue weighted by atomic mass is 9.98. The van der Waals surface area contributed by atoms with Gasteiger partial charge in [-0.2, -0.15) is 0 Å². The summed E-state index contributed by atoms with van der Waals surface area (Å²) in [7, 11) is 0. The molecule has 1 fully saturated rings. The molecule has 0 aromatic heterocycles. The molecule has 1 aliphatic carbocycles. The Kier molecular flexibility index (Phi) is 4.89. The van der Waals surface area contributed by atoms with Crippen LogP contribution in [0.1, 0.15) is 32.6 Å². The second-order valence-electron chi connectivity index (χ2n) is 5.43. The van der Waals surface area contributed by atoms with E-state index in [2.05, 4.69) is 5.32 Å². The third-order valence-electron chi connectivity index (χ3n) is 3.66. The highest BCUT2D eigenvalue weighted by Crippen LogP contribution is 2.27. The minimum atomic E-state index is -0.690. The number of ether oxygens (including phenoxy) is 1. The van der Waals surface area contributed by atoms with Crippen LogP contribution in [0.3, 0.4) is 0 Å². The summed E-state index contributed by atoms with van der Waals surface area (Å²) in [5.41, 5.74) is 5.40. The van der Waals surface area contributed by atoms with Crippen molar-refractivity contribution in [2.75, 3.05) is 6.54 Å². The highest BCUT2D eigenvalue weighted by Gasteiger charge is 2.36. The van der Waals surface area contributed by atoms with Crippen LogP contribution in [0.15, 0.2) is 24.3 Å². The van der Waals surface area contributed by atoms with Crippen LogP contribution in [-0.4, -0.2) is 24.1 Å². The number of para-hydroxylation sites is 1. The maximum Gasteiger partial charge on any atom is 0.240 e. The lowest BCUT2D eigenvalue weighted by Gasteiger charge is -2.24. The van der Waals surface area contributed by atoms with Crippen molar-refractivity contribution in [3.63, 3.8) is 0 Å². The molecule has 0 spiro atoms. The Morgan fingerprint density at radius 3 is 2.75 bits per heavy atom. The molecule has 1 aromatic rings. The van der Waals surface area contributed by atoms with Gasteiger partial charge in [0.05, 0.1) is 17.1 Å². The number of benzene rings is 1. The Morgan fingerprint density at radius 2 is 2.10 bits per heavy atom. The number of halogens is 1. The first-order chi connectivity index (χ1) is 9.51. The topological polar surface area (TPSA) is 64.4 Å². The third-order valence-corrected chi connectivity index (χ3v) is 3.98. The number of amides is 1. The van der Waals surface area contributed by atoms with Crippen molar-refractivity contribution in [3.05, 3.63) is 29.3 Å². The van der Waals surface area contributed by atoms with Gasteiger partial charge in [0, 0.05) is 0 Å². The third kappa shape index (κ3) is 3.64. The van der Waals surface area contributed by atoms with E-state index in [1.807, 2.05) is 25.1 Å². The van der Waals surface area contributed by atoms with E-state index in [0.29, 0.717) is 17.3 Å². The number of carbonyl (C=O) groups is 1. The summed E-state index contributed by atoms with van der Waals surface area (Å²) in [5, 5.41) is 3.44. The zero-order valence-corrected chi connectivity index (χ0v) is 12.5. The zero-order valence-electron chi connectivity index (χ0n) is 11.7. The van der Waals surface area contributed by atoms with Crippen LogP contribution >= 0.6 is 11.6 Å². The normalized spacial score (nSPS) is 18.6. The molecule has 0 saturated heterocycles. The summed E-state index contributed by atoms with van der Waals surface area (Å²) in [6, 6.07) is 7.29. The smallest absolute Gasteiger partial charge is 0.240 e. The molecule has 4 nitrogen and oxygen atoms in total. The summed E-state index contributed by atoms with van der Waals surface area (Å²) in [6.45, 7) is 2.31. The average molecular weight is 297 g/mol. The molecule has 0 radical (unpaired) electrons. The highest BCUT2D eigenvalue weighted by atomic mass is 35.5. The highest BCUT2D eigenvalue weighted by molar-refractivity contribution is 6.32. The molecule has 0 aliphatic heterocycles. The first-order valence-corrected chi connectivity index (χ1v) is 7.37. The maximum absolute atomic E-state index is 12.1. The van der Waals surface area contributed by atoms with E-state index in [-0.39, 0.29) is 12.0 Å². The standard InChI is InChI=1S/C15H21ClN2O2/c1-11(20-13-7-3-2-6-12(13)16)10-18-14(19)15(17)8-4-5-9-15/h2-3,6-7,11H,4-5,8-10,17H2,1H3,(H,18,19). The molecular formula is C15H21ClN2O2. The molecule has 2 rings (SSSR count). The van der Waals surface area contributed by atoms with Crippen molar-refractivity contribution in [2.45, 2.75) is 44.2 Å². The fourth-order valence-electron chi connectivity index (χ4n) is 2.44. The van der Waals surface area contributed by atoms with Gasteiger partial charge in [-0.05, 0) is 31.9 Å². The Hall–Kier alpha value is -1.26. The minimum Gasteiger partial charge on any atom is -0.487 e. The molecule has 1 aromatic carbocycles. The van der Waals surface area contributed by atoms with Gasteiger partial charge < -0.3 is 15.8 Å². The largest absolute Gasteiger partial charge is 0.487 e. The zero-order chi connectivity index (χ0) is 14.6. The van der Waals surface area contributed by atoms with Crippen molar-refractivity contribution in [2.24, 2.45) is 5.73 Å². The maximum atomic E-state index is 12.1. The van der Waals surface area contributed by atoms with E-state index in [4.69, 9.17) is 22.1 Å². The van der Waals surface area contributed by atoms with Gasteiger partial charge in [-0.15, -0.1) is 0 Å². The lowest BCUT2D eigenvalue weighted by Crippen LogP contribution is -2.53. The van der Waals surface area contributed by atoms with E-state index in [1.165, 1.54) is 0 Å². The predicted molar refractivity (Wildman–Crippen MR) is 79.9 cm³/mol. The second-order valence-corrected chi connectivity index (χ2v) is 5.84. The molecule has 1 amide bonds. The average Bonchev–Trinajstić information content (AvgIpc) is 2.87. The molecule has 1 aliphatic rings. The van der Waals surface area contributed by atoms with Crippen molar-refractivity contribution in [1.29, 1.82) is 0 Å². The van der Waals surface area contributed by atoms with E-state index in [1.54, 1.807) is 6.07 Å². The predicted octanol–water partition coefficient (Wildman–Crippen LogP) is 2.49. The van der Waals surface area contributed by atoms with Crippen LogP contribution in [-0.2, 0) is 4.79 Å². The van der Waals surface area contributed by atoms with Gasteiger partial charge in [0.25, 0.3) is 0 Å². The van der Waals surface area contributed by atoms with Gasteiger partial charge in [0.1, 0.15) is 11.9 Å². The van der Waals surface area contributed by atoms with Gasteiger partial charge >= 0.3 is 0 Å². The van der Waals surface area contributed by atoms with Gasteiger partial charge in [-0.3, -0.25) is 4.79 Å². The number of nitrogens with one attached hydrogen (secondary N) is 1. The number of carbonyl (C=O) groups excluding carboxylic acids is 1. The number of nitrogens with two attached hydrogens (primary N) is 1. The molecule has 0 bridgehead atoms. The van der Waals surface area contributed by atoms with Crippen LogP contribution in [0.4, 0.5) is 0 Å². The van der Waals surface area contributed by atoms with Crippen molar-refractivity contribution in [1.82, 2.24) is 5.32 Å². The SMILES string of the molecule is CC(CNC(=O)C1(N)CCCC1)Oc1ccccc1Cl. The molecule has 20 heavy (non-hydrogen) atoms. The lowest BCUT2D eigenvalue weighted by molar-refractivity contribution is -0.126. The van der Waals surface area contributed by atoms with Gasteiger partial charge in [-0.25, -0.2) is 0 Å². The molecule has 5 heteroatoms. The van der Waals surface area contributed by atoms with Crippen LogP contribution in [0.5, 0.6) is 5.75 Å². The van der Waals surface area contributed by atoms with E-state index in [0.717, 1.165) is 25.7 Å². The van der Waals surface area contributed by atoms with E-state index in [9.17, 15) is 4.79 Å². The first-order valence-electron chi connectivity index (χ1n) is 7.00. The van der Waals surface area contributed by atoms with Gasteiger partial charge in [0.2, 0.25) is 5.91 Å². The van der Waals surface area contributed by atoms with Crippen LogP contribution in [0.25, 0.3) is 0 Å². The monoisotopic (exact) mass is 296 g/mol. The van der Waals surface area contributed by atoms with Gasteiger partial charge in [-0.1, -0.05) is 36.6 Å². The first kappa shape index (κ1) is 15.1. The molecule has 1 saturated carbocycles. The van der Waals surface area contributed by atoms with Crippen molar-refractivity contribution >= 4 is 17.5 Å². The fraction of sp³-hybridized carbons (Fsp3) is 0.533. The Morgan fingerprint density at radius 1 is 1.45 bits per heavy atom. The molecular weight excluding hydrogens is 276 g/mol. The van der Waals surface area contributed by atoms with Crippen LogP contribution < -0.4 is 15.8 Å². The van der Waals surface area contributed by atoms with Crippen LogP contribution in [0.2, 0.25) is 5.02 Å². The molecule has 0 heterocycles. The molecule has 1 unspecified atom stereocenters. The van der Waals surface area contributed by atoms with Gasteiger partial charge in [0.15, 0.2) is 0 Å². The Balaban J connectivity index is 1.82. The number of rotatable bonds is 5. The van der Waals surface area contributed by atoms with E-state index < -0.39 is 5.54 Å². The molecule has 1 atom stereocenters.